The highest BCUT2D eigenvalue weighted by Crippen LogP contribution is 2.65. The number of allylic oxidation sites excluding steroid dienone is 8. The third-order valence-corrected chi connectivity index (χ3v) is 12.3. The van der Waals surface area contributed by atoms with Gasteiger partial charge in [0.2, 0.25) is 0 Å². The van der Waals surface area contributed by atoms with Crippen LogP contribution in [-0.4, -0.2) is 9.04 Å². The van der Waals surface area contributed by atoms with Crippen molar-refractivity contribution in [3.63, 3.8) is 0 Å². The minimum absolute atomic E-state index is 0.0497. The van der Waals surface area contributed by atoms with Gasteiger partial charge in [-0.1, -0.05) is 53.8 Å². The molecular weight excluding hydrogens is 368 g/mol. The second-order valence-electron chi connectivity index (χ2n) is 9.49. The van der Waals surface area contributed by atoms with Gasteiger partial charge in [0.25, 0.3) is 0 Å². The highest BCUT2D eigenvalue weighted by Gasteiger charge is 2.59. The van der Waals surface area contributed by atoms with Gasteiger partial charge >= 0.3 is 9.04 Å². The van der Waals surface area contributed by atoms with Gasteiger partial charge in [-0.05, 0) is 96.7 Å². The van der Waals surface area contributed by atoms with Gasteiger partial charge in [0.1, 0.15) is 5.75 Å². The van der Waals surface area contributed by atoms with Crippen LogP contribution in [-0.2, 0) is 0 Å². The van der Waals surface area contributed by atoms with Crippen molar-refractivity contribution in [3.8, 4) is 5.75 Å². The third kappa shape index (κ3) is 2.94. The molecule has 0 amide bonds. The first kappa shape index (κ1) is 21.9. The molecule has 1 aromatic rings. The fraction of sp³-hybridized carbons (Fsp3) is 0.481. The number of rotatable bonds is 4. The highest BCUT2D eigenvalue weighted by molar-refractivity contribution is 6.64. The van der Waals surface area contributed by atoms with E-state index in [-0.39, 0.29) is 10.1 Å². The van der Waals surface area contributed by atoms with E-state index in [9.17, 15) is 0 Å². The first-order valence-electron chi connectivity index (χ1n) is 10.7. The molecule has 0 unspecified atom stereocenters. The lowest BCUT2D eigenvalue weighted by Gasteiger charge is -2.45. The van der Waals surface area contributed by atoms with E-state index in [2.05, 4.69) is 100 Å². The summed E-state index contributed by atoms with van der Waals surface area (Å²) in [5, 5.41) is -0.0994. The minimum atomic E-state index is -1.42. The zero-order valence-electron chi connectivity index (χ0n) is 20.2. The summed E-state index contributed by atoms with van der Waals surface area (Å²) in [6.07, 6.45) is 0. The zero-order chi connectivity index (χ0) is 21.9. The number of benzene rings is 1. The summed E-state index contributed by atoms with van der Waals surface area (Å²) in [6, 6.07) is 8.61. The van der Waals surface area contributed by atoms with Crippen LogP contribution in [0.2, 0.25) is 10.1 Å². The summed E-state index contributed by atoms with van der Waals surface area (Å²) < 4.78 is 7.08. The molecule has 0 heterocycles. The molecule has 0 N–H and O–H groups in total. The summed E-state index contributed by atoms with van der Waals surface area (Å²) in [7, 11) is -1.42. The molecule has 2 aliphatic rings. The molecule has 2 aliphatic carbocycles. The zero-order valence-corrected chi connectivity index (χ0v) is 21.2. The monoisotopic (exact) mass is 405 g/mol. The molecule has 1 radical (unpaired) electrons. The summed E-state index contributed by atoms with van der Waals surface area (Å²) >= 11 is 0. The van der Waals surface area contributed by atoms with E-state index >= 15 is 0 Å². The van der Waals surface area contributed by atoms with Crippen LogP contribution in [0.1, 0.15) is 74.8 Å². The molecule has 0 saturated carbocycles. The van der Waals surface area contributed by atoms with Gasteiger partial charge in [0.15, 0.2) is 0 Å². The second-order valence-corrected chi connectivity index (χ2v) is 12.4. The molecule has 0 aromatic heterocycles. The van der Waals surface area contributed by atoms with Crippen LogP contribution in [0.5, 0.6) is 5.75 Å². The Morgan fingerprint density at radius 2 is 0.862 bits per heavy atom. The van der Waals surface area contributed by atoms with Crippen LogP contribution < -0.4 is 4.43 Å². The Morgan fingerprint density at radius 1 is 0.552 bits per heavy atom. The first-order valence-corrected chi connectivity index (χ1v) is 12.1. The molecule has 29 heavy (non-hydrogen) atoms. The molecule has 3 rings (SSSR count). The van der Waals surface area contributed by atoms with Crippen molar-refractivity contribution in [2.24, 2.45) is 0 Å². The lowest BCUT2D eigenvalue weighted by Crippen LogP contribution is -2.47. The summed E-state index contributed by atoms with van der Waals surface area (Å²) in [4.78, 5) is 0. The van der Waals surface area contributed by atoms with Crippen LogP contribution >= 0.6 is 0 Å². The van der Waals surface area contributed by atoms with Crippen LogP contribution in [0.4, 0.5) is 0 Å². The SMILES string of the molecule is CC1=C(C)C(C)([Si](Oc2ccc(C)cc2)C2(C)C(C)=C(C)C(C)=C2C)C(C)=C1C. The van der Waals surface area contributed by atoms with Crippen molar-refractivity contribution < 1.29 is 4.43 Å². The average molecular weight is 406 g/mol. The lowest BCUT2D eigenvalue weighted by atomic mass is 9.96. The number of hydrogen-bond acceptors (Lipinski definition) is 1. The largest absolute Gasteiger partial charge is 0.540 e. The number of hydrogen-bond donors (Lipinski definition) is 0. The Bertz CT molecular complexity index is 876. The molecule has 1 aromatic carbocycles. The molecule has 0 atom stereocenters. The van der Waals surface area contributed by atoms with E-state index in [1.54, 1.807) is 0 Å². The molecule has 2 heteroatoms. The normalized spacial score (nSPS) is 21.2. The van der Waals surface area contributed by atoms with Crippen molar-refractivity contribution in [2.75, 3.05) is 0 Å². The molecule has 0 spiro atoms. The fourth-order valence-corrected chi connectivity index (χ4v) is 9.19. The Labute approximate surface area is 180 Å². The van der Waals surface area contributed by atoms with Crippen LogP contribution in [0.15, 0.2) is 68.9 Å². The summed E-state index contributed by atoms with van der Waals surface area (Å²) in [6.45, 7) is 25.4. The molecule has 1 nitrogen and oxygen atoms in total. The van der Waals surface area contributed by atoms with Crippen molar-refractivity contribution in [3.05, 3.63) is 74.4 Å². The Morgan fingerprint density at radius 3 is 1.17 bits per heavy atom. The molecule has 0 saturated heterocycles. The Kier molecular flexibility index (Phi) is 5.41. The van der Waals surface area contributed by atoms with Crippen molar-refractivity contribution in [2.45, 2.75) is 86.2 Å². The summed E-state index contributed by atoms with van der Waals surface area (Å²) in [5.41, 5.74) is 13.0. The van der Waals surface area contributed by atoms with E-state index in [0.717, 1.165) is 5.75 Å². The van der Waals surface area contributed by atoms with E-state index < -0.39 is 9.04 Å². The average Bonchev–Trinajstić information content (AvgIpc) is 2.95. The standard InChI is InChI=1S/C27H37OSi/c1-16-12-14-25(15-13-16)28-29(26(10)21(6)17(2)18(3)22(26)7)27(11)23(8)19(4)20(5)24(27)9/h12-15H,1-11H3. The maximum atomic E-state index is 7.08. The van der Waals surface area contributed by atoms with Crippen LogP contribution in [0, 0.1) is 6.92 Å². The smallest absolute Gasteiger partial charge is 0.310 e. The van der Waals surface area contributed by atoms with E-state index in [4.69, 9.17) is 4.43 Å². The van der Waals surface area contributed by atoms with E-state index in [1.807, 2.05) is 0 Å². The van der Waals surface area contributed by atoms with Crippen molar-refractivity contribution in [1.29, 1.82) is 0 Å². The quantitative estimate of drug-likeness (QED) is 0.458. The predicted molar refractivity (Wildman–Crippen MR) is 128 cm³/mol. The molecule has 0 aliphatic heterocycles. The topological polar surface area (TPSA) is 9.23 Å². The van der Waals surface area contributed by atoms with Gasteiger partial charge in [-0.2, -0.15) is 0 Å². The molecular formula is C27H37OSi. The second kappa shape index (κ2) is 7.16. The maximum absolute atomic E-state index is 7.08. The highest BCUT2D eigenvalue weighted by atomic mass is 28.3. The Hall–Kier alpha value is -1.80. The van der Waals surface area contributed by atoms with Crippen LogP contribution in [0.3, 0.4) is 0 Å². The van der Waals surface area contributed by atoms with Gasteiger partial charge in [0.05, 0.1) is 0 Å². The first-order chi connectivity index (χ1) is 13.4. The molecule has 155 valence electrons. The van der Waals surface area contributed by atoms with Gasteiger partial charge < -0.3 is 4.43 Å². The molecule has 0 fully saturated rings. The fourth-order valence-electron chi connectivity index (χ4n) is 5.30. The van der Waals surface area contributed by atoms with Crippen molar-refractivity contribution in [1.82, 2.24) is 0 Å². The molecule has 0 bridgehead atoms. The predicted octanol–water partition coefficient (Wildman–Crippen LogP) is 8.26. The van der Waals surface area contributed by atoms with E-state index in [0.29, 0.717) is 0 Å². The van der Waals surface area contributed by atoms with Crippen molar-refractivity contribution >= 4 is 9.04 Å². The van der Waals surface area contributed by atoms with Gasteiger partial charge in [-0.3, -0.25) is 0 Å². The summed E-state index contributed by atoms with van der Waals surface area (Å²) in [5.74, 6) is 0.998. The van der Waals surface area contributed by atoms with E-state index in [1.165, 1.54) is 50.1 Å². The number of aryl methyl sites for hydroxylation is 1. The van der Waals surface area contributed by atoms with Gasteiger partial charge in [-0.15, -0.1) is 0 Å². The van der Waals surface area contributed by atoms with Crippen LogP contribution in [0.25, 0.3) is 0 Å². The van der Waals surface area contributed by atoms with Gasteiger partial charge in [-0.25, -0.2) is 0 Å². The Balaban J connectivity index is 2.26. The lowest BCUT2D eigenvalue weighted by molar-refractivity contribution is 0.492. The minimum Gasteiger partial charge on any atom is -0.540 e. The van der Waals surface area contributed by atoms with Gasteiger partial charge in [0, 0.05) is 10.1 Å². The maximum Gasteiger partial charge on any atom is 0.310 e. The third-order valence-electron chi connectivity index (χ3n) is 8.52.